The molecule has 0 unspecified atom stereocenters. The van der Waals surface area contributed by atoms with Crippen LogP contribution in [0.1, 0.15) is 5.56 Å². The third-order valence-electron chi connectivity index (χ3n) is 2.75. The summed E-state index contributed by atoms with van der Waals surface area (Å²) in [5.74, 6) is -1.30. The summed E-state index contributed by atoms with van der Waals surface area (Å²) < 4.78 is 49.2. The average Bonchev–Trinajstić information content (AvgIpc) is 2.38. The molecule has 2 aromatic carbocycles. The highest BCUT2D eigenvalue weighted by atomic mass is 79.9. The van der Waals surface area contributed by atoms with Crippen molar-refractivity contribution in [1.82, 2.24) is 0 Å². The smallest absolute Gasteiger partial charge is 0.238 e. The van der Waals surface area contributed by atoms with Crippen molar-refractivity contribution in [2.75, 3.05) is 5.32 Å². The molecule has 0 aliphatic heterocycles. The largest absolute Gasteiger partial charge is 0.380 e. The zero-order chi connectivity index (χ0) is 15.6. The van der Waals surface area contributed by atoms with E-state index in [1.165, 1.54) is 30.3 Å². The van der Waals surface area contributed by atoms with E-state index >= 15 is 0 Å². The Balaban J connectivity index is 2.17. The Morgan fingerprint density at radius 1 is 1.14 bits per heavy atom. The fourth-order valence-corrected chi connectivity index (χ4v) is 2.88. The van der Waals surface area contributed by atoms with Gasteiger partial charge in [-0.15, -0.1) is 0 Å². The quantitative estimate of drug-likeness (QED) is 0.861. The summed E-state index contributed by atoms with van der Waals surface area (Å²) in [7, 11) is -3.78. The Hall–Kier alpha value is -1.51. The van der Waals surface area contributed by atoms with Crippen LogP contribution in [0.5, 0.6) is 0 Å². The first-order valence-corrected chi connectivity index (χ1v) is 8.11. The molecule has 0 heterocycles. The van der Waals surface area contributed by atoms with E-state index in [4.69, 9.17) is 5.14 Å². The fraction of sp³-hybridized carbons (Fsp3) is 0.0769. The molecule has 0 radical (unpaired) electrons. The van der Waals surface area contributed by atoms with Gasteiger partial charge >= 0.3 is 0 Å². The molecule has 4 nitrogen and oxygen atoms in total. The third-order valence-corrected chi connectivity index (χ3v) is 4.32. The van der Waals surface area contributed by atoms with Crippen molar-refractivity contribution < 1.29 is 17.2 Å². The van der Waals surface area contributed by atoms with Gasteiger partial charge < -0.3 is 5.32 Å². The van der Waals surface area contributed by atoms with E-state index < -0.39 is 21.7 Å². The Morgan fingerprint density at radius 2 is 1.86 bits per heavy atom. The molecule has 0 saturated carbocycles. The third kappa shape index (κ3) is 3.99. The van der Waals surface area contributed by atoms with Gasteiger partial charge in [0.05, 0.1) is 4.90 Å². The standard InChI is InChI=1S/C13H11BrF2N2O2S/c14-11-6-10(21(17,19)20)3-4-13(11)18-7-8-1-2-9(15)5-12(8)16/h1-6,18H,7H2,(H2,17,19,20). The maximum Gasteiger partial charge on any atom is 0.238 e. The number of nitrogens with one attached hydrogen (secondary N) is 1. The normalized spacial score (nSPS) is 11.4. The van der Waals surface area contributed by atoms with Gasteiger partial charge in [0.1, 0.15) is 11.6 Å². The van der Waals surface area contributed by atoms with Crippen LogP contribution in [0.25, 0.3) is 0 Å². The highest BCUT2D eigenvalue weighted by Crippen LogP contribution is 2.26. The lowest BCUT2D eigenvalue weighted by Gasteiger charge is -2.10. The van der Waals surface area contributed by atoms with Crippen LogP contribution >= 0.6 is 15.9 Å². The van der Waals surface area contributed by atoms with Crippen LogP contribution in [0.15, 0.2) is 45.8 Å². The molecule has 0 atom stereocenters. The Labute approximate surface area is 129 Å². The van der Waals surface area contributed by atoms with Crippen molar-refractivity contribution in [3.63, 3.8) is 0 Å². The molecule has 21 heavy (non-hydrogen) atoms. The number of hydrogen-bond donors (Lipinski definition) is 2. The van der Waals surface area contributed by atoms with Gasteiger partial charge in [-0.3, -0.25) is 0 Å². The highest BCUT2D eigenvalue weighted by Gasteiger charge is 2.11. The summed E-state index contributed by atoms with van der Waals surface area (Å²) in [5.41, 5.74) is 0.852. The van der Waals surface area contributed by atoms with Crippen LogP contribution in [0.4, 0.5) is 14.5 Å². The number of rotatable bonds is 4. The number of sulfonamides is 1. The average molecular weight is 377 g/mol. The molecule has 0 fully saturated rings. The van der Waals surface area contributed by atoms with E-state index in [-0.39, 0.29) is 11.4 Å². The number of anilines is 1. The number of hydrogen-bond acceptors (Lipinski definition) is 3. The Morgan fingerprint density at radius 3 is 2.43 bits per heavy atom. The summed E-state index contributed by atoms with van der Waals surface area (Å²) in [6.45, 7) is 0.124. The van der Waals surface area contributed by atoms with Gasteiger partial charge in [0.2, 0.25) is 10.0 Å². The second-order valence-corrected chi connectivity index (χ2v) is 6.69. The molecule has 3 N–H and O–H groups in total. The molecule has 0 aliphatic carbocycles. The SMILES string of the molecule is NS(=O)(=O)c1ccc(NCc2ccc(F)cc2F)c(Br)c1. The summed E-state index contributed by atoms with van der Waals surface area (Å²) in [4.78, 5) is -0.0344. The van der Waals surface area contributed by atoms with Gasteiger partial charge in [-0.25, -0.2) is 22.3 Å². The monoisotopic (exact) mass is 376 g/mol. The molecule has 0 bridgehead atoms. The minimum Gasteiger partial charge on any atom is -0.380 e. The second kappa shape index (κ2) is 6.08. The first-order valence-electron chi connectivity index (χ1n) is 5.77. The van der Waals surface area contributed by atoms with Crippen LogP contribution in [0, 0.1) is 11.6 Å². The lowest BCUT2D eigenvalue weighted by atomic mass is 10.2. The number of benzene rings is 2. The van der Waals surface area contributed by atoms with Crippen LogP contribution in [0.3, 0.4) is 0 Å². The second-order valence-electron chi connectivity index (χ2n) is 4.28. The van der Waals surface area contributed by atoms with Gasteiger partial charge in [-0.1, -0.05) is 6.07 Å². The fourth-order valence-electron chi connectivity index (χ4n) is 1.67. The van der Waals surface area contributed by atoms with Crippen molar-refractivity contribution >= 4 is 31.6 Å². The van der Waals surface area contributed by atoms with Crippen molar-refractivity contribution in [2.45, 2.75) is 11.4 Å². The number of nitrogens with two attached hydrogens (primary N) is 1. The van der Waals surface area contributed by atoms with E-state index in [0.717, 1.165) is 6.07 Å². The highest BCUT2D eigenvalue weighted by molar-refractivity contribution is 9.10. The van der Waals surface area contributed by atoms with E-state index in [9.17, 15) is 17.2 Å². The van der Waals surface area contributed by atoms with Crippen LogP contribution in [-0.2, 0) is 16.6 Å². The molecule has 0 amide bonds. The molecule has 0 aromatic heterocycles. The Bertz CT molecular complexity index is 782. The molecule has 0 aliphatic rings. The molecule has 2 aromatic rings. The Kier molecular flexibility index (Phi) is 4.60. The van der Waals surface area contributed by atoms with E-state index in [1.54, 1.807) is 0 Å². The first kappa shape index (κ1) is 15.9. The van der Waals surface area contributed by atoms with Gasteiger partial charge in [0, 0.05) is 28.3 Å². The maximum absolute atomic E-state index is 13.5. The number of halogens is 3. The maximum atomic E-state index is 13.5. The van der Waals surface area contributed by atoms with Crippen molar-refractivity contribution in [1.29, 1.82) is 0 Å². The zero-order valence-electron chi connectivity index (χ0n) is 10.6. The van der Waals surface area contributed by atoms with Crippen LogP contribution in [0.2, 0.25) is 0 Å². The molecular weight excluding hydrogens is 366 g/mol. The predicted octanol–water partition coefficient (Wildman–Crippen LogP) is 2.99. The molecule has 2 rings (SSSR count). The van der Waals surface area contributed by atoms with Crippen LogP contribution in [-0.4, -0.2) is 8.42 Å². The number of primary sulfonamides is 1. The zero-order valence-corrected chi connectivity index (χ0v) is 13.0. The summed E-state index contributed by atoms with van der Waals surface area (Å²) >= 11 is 3.21. The summed E-state index contributed by atoms with van der Waals surface area (Å²) in [6, 6.07) is 7.49. The minimum atomic E-state index is -3.78. The molecular formula is C13H11BrF2N2O2S. The topological polar surface area (TPSA) is 72.2 Å². The van der Waals surface area contributed by atoms with Crippen molar-refractivity contribution in [3.05, 3.63) is 58.1 Å². The van der Waals surface area contributed by atoms with Gasteiger partial charge in [0.15, 0.2) is 0 Å². The van der Waals surface area contributed by atoms with Crippen LogP contribution < -0.4 is 10.5 Å². The van der Waals surface area contributed by atoms with Gasteiger partial charge in [0.25, 0.3) is 0 Å². The lowest BCUT2D eigenvalue weighted by Crippen LogP contribution is -2.12. The summed E-state index contributed by atoms with van der Waals surface area (Å²) in [6.07, 6.45) is 0. The van der Waals surface area contributed by atoms with Gasteiger partial charge in [-0.05, 0) is 40.2 Å². The van der Waals surface area contributed by atoms with E-state index in [1.807, 2.05) is 0 Å². The van der Waals surface area contributed by atoms with Crippen molar-refractivity contribution in [2.24, 2.45) is 5.14 Å². The molecule has 0 spiro atoms. The van der Waals surface area contributed by atoms with E-state index in [2.05, 4.69) is 21.2 Å². The van der Waals surface area contributed by atoms with Crippen molar-refractivity contribution in [3.8, 4) is 0 Å². The molecule has 112 valence electrons. The lowest BCUT2D eigenvalue weighted by molar-refractivity contribution is 0.574. The van der Waals surface area contributed by atoms with Gasteiger partial charge in [-0.2, -0.15) is 0 Å². The van der Waals surface area contributed by atoms with E-state index in [0.29, 0.717) is 15.7 Å². The molecule has 8 heteroatoms. The first-order chi connectivity index (χ1) is 9.77. The molecule has 0 saturated heterocycles. The summed E-state index contributed by atoms with van der Waals surface area (Å²) in [5, 5.41) is 7.94. The minimum absolute atomic E-state index is 0.0344. The predicted molar refractivity (Wildman–Crippen MR) is 79.2 cm³/mol.